The number of nitrogens with zero attached hydrogens (tertiary/aromatic N) is 2. The number of hydrogen-bond acceptors (Lipinski definition) is 3. The third kappa shape index (κ3) is 2.25. The van der Waals surface area contributed by atoms with Gasteiger partial charge in [0.1, 0.15) is 0 Å². The summed E-state index contributed by atoms with van der Waals surface area (Å²) in [7, 11) is 0. The summed E-state index contributed by atoms with van der Waals surface area (Å²) in [6.07, 6.45) is 2.51. The first-order valence-electron chi connectivity index (χ1n) is 7.77. The third-order valence-electron chi connectivity index (χ3n) is 4.50. The van der Waals surface area contributed by atoms with Crippen LogP contribution in [0.3, 0.4) is 0 Å². The topological polar surface area (TPSA) is 59.2 Å². The first-order valence-corrected chi connectivity index (χ1v) is 7.77. The van der Waals surface area contributed by atoms with Gasteiger partial charge in [0.2, 0.25) is 0 Å². The molecule has 2 aliphatic rings. The van der Waals surface area contributed by atoms with Crippen LogP contribution in [0.1, 0.15) is 34.5 Å². The lowest BCUT2D eigenvalue weighted by Gasteiger charge is -2.14. The molecule has 1 amide bonds. The maximum absolute atomic E-state index is 12.5. The number of carbonyl (C=O) groups is 1. The molecule has 0 spiro atoms. The van der Waals surface area contributed by atoms with Crippen LogP contribution in [0.4, 0.5) is 5.69 Å². The standard InChI is InChI=1S/C18H19N3O/c1-11-17-14(10-21(18(17)22)9-12-5-6-12)8-16(20-11)13-3-2-4-15(19)7-13/h2-4,7-8,12H,5-6,9-10,19H2,1H3. The van der Waals surface area contributed by atoms with Crippen molar-refractivity contribution in [2.75, 3.05) is 12.3 Å². The number of aryl methyl sites for hydroxylation is 1. The van der Waals surface area contributed by atoms with E-state index in [1.807, 2.05) is 42.2 Å². The van der Waals surface area contributed by atoms with Crippen LogP contribution in [0.5, 0.6) is 0 Å². The number of benzene rings is 1. The molecule has 4 heteroatoms. The number of carbonyl (C=O) groups excluding carboxylic acids is 1. The van der Waals surface area contributed by atoms with Crippen LogP contribution in [-0.4, -0.2) is 22.3 Å². The molecular weight excluding hydrogens is 274 g/mol. The molecule has 4 rings (SSSR count). The molecule has 0 radical (unpaired) electrons. The van der Waals surface area contributed by atoms with Crippen molar-refractivity contribution in [3.05, 3.63) is 47.2 Å². The van der Waals surface area contributed by atoms with Gasteiger partial charge < -0.3 is 10.6 Å². The second-order valence-electron chi connectivity index (χ2n) is 6.38. The molecule has 1 saturated carbocycles. The molecule has 2 aromatic rings. The van der Waals surface area contributed by atoms with E-state index in [1.54, 1.807) is 0 Å². The summed E-state index contributed by atoms with van der Waals surface area (Å²) in [5, 5.41) is 0. The molecule has 1 aromatic carbocycles. The van der Waals surface area contributed by atoms with Gasteiger partial charge in [-0.15, -0.1) is 0 Å². The van der Waals surface area contributed by atoms with Crippen LogP contribution >= 0.6 is 0 Å². The summed E-state index contributed by atoms with van der Waals surface area (Å²) in [5.41, 5.74) is 11.2. The lowest BCUT2D eigenvalue weighted by Crippen LogP contribution is -2.26. The van der Waals surface area contributed by atoms with Gasteiger partial charge in [-0.3, -0.25) is 9.78 Å². The Morgan fingerprint density at radius 2 is 2.14 bits per heavy atom. The monoisotopic (exact) mass is 293 g/mol. The van der Waals surface area contributed by atoms with Crippen molar-refractivity contribution in [3.63, 3.8) is 0 Å². The van der Waals surface area contributed by atoms with Gasteiger partial charge in [0.15, 0.2) is 0 Å². The zero-order valence-electron chi connectivity index (χ0n) is 12.7. The third-order valence-corrected chi connectivity index (χ3v) is 4.50. The number of fused-ring (bicyclic) bond motifs is 1. The minimum absolute atomic E-state index is 0.144. The van der Waals surface area contributed by atoms with Crippen molar-refractivity contribution in [1.29, 1.82) is 0 Å². The molecule has 0 saturated heterocycles. The maximum atomic E-state index is 12.5. The number of nitrogen functional groups attached to an aromatic ring is 1. The van der Waals surface area contributed by atoms with E-state index >= 15 is 0 Å². The van der Waals surface area contributed by atoms with Crippen molar-refractivity contribution in [2.24, 2.45) is 5.92 Å². The van der Waals surface area contributed by atoms with Gasteiger partial charge in [0, 0.05) is 24.3 Å². The SMILES string of the molecule is Cc1nc(-c2cccc(N)c2)cc2c1C(=O)N(CC1CC1)C2. The summed E-state index contributed by atoms with van der Waals surface area (Å²) in [5.74, 6) is 0.853. The predicted molar refractivity (Wildman–Crippen MR) is 86.3 cm³/mol. The molecule has 0 unspecified atom stereocenters. The fourth-order valence-corrected chi connectivity index (χ4v) is 3.20. The molecule has 2 N–H and O–H groups in total. The molecule has 1 aliphatic heterocycles. The molecule has 1 fully saturated rings. The quantitative estimate of drug-likeness (QED) is 0.885. The average molecular weight is 293 g/mol. The van der Waals surface area contributed by atoms with Crippen molar-refractivity contribution in [1.82, 2.24) is 9.88 Å². The molecule has 4 nitrogen and oxygen atoms in total. The fraction of sp³-hybridized carbons (Fsp3) is 0.333. The number of rotatable bonds is 3. The summed E-state index contributed by atoms with van der Waals surface area (Å²) >= 11 is 0. The molecule has 1 aliphatic carbocycles. The first-order chi connectivity index (χ1) is 10.6. The Kier molecular flexibility index (Phi) is 2.93. The number of anilines is 1. The van der Waals surface area contributed by atoms with Crippen molar-refractivity contribution in [2.45, 2.75) is 26.3 Å². The number of amides is 1. The van der Waals surface area contributed by atoms with Crippen LogP contribution < -0.4 is 5.73 Å². The lowest BCUT2D eigenvalue weighted by molar-refractivity contribution is 0.0770. The second kappa shape index (κ2) is 4.83. The largest absolute Gasteiger partial charge is 0.399 e. The van der Waals surface area contributed by atoms with Gasteiger partial charge in [0.05, 0.1) is 17.0 Å². The summed E-state index contributed by atoms with van der Waals surface area (Å²) in [4.78, 5) is 19.2. The Bertz CT molecular complexity index is 765. The number of hydrogen-bond donors (Lipinski definition) is 1. The summed E-state index contributed by atoms with van der Waals surface area (Å²) in [6.45, 7) is 3.52. The van der Waals surface area contributed by atoms with E-state index in [0.29, 0.717) is 12.5 Å². The normalized spacial score (nSPS) is 17.0. The number of nitrogens with two attached hydrogens (primary N) is 1. The summed E-state index contributed by atoms with van der Waals surface area (Å²) in [6, 6.07) is 9.77. The zero-order valence-corrected chi connectivity index (χ0v) is 12.7. The Morgan fingerprint density at radius 1 is 1.32 bits per heavy atom. The van der Waals surface area contributed by atoms with Gasteiger partial charge in [-0.05, 0) is 49.4 Å². The molecule has 2 heterocycles. The first kappa shape index (κ1) is 13.3. The highest BCUT2D eigenvalue weighted by Crippen LogP contribution is 2.34. The Morgan fingerprint density at radius 3 is 2.86 bits per heavy atom. The van der Waals surface area contributed by atoms with Crippen molar-refractivity contribution in [3.8, 4) is 11.3 Å². The molecule has 1 aromatic heterocycles. The molecule has 0 atom stereocenters. The average Bonchev–Trinajstić information content (AvgIpc) is 3.24. The van der Waals surface area contributed by atoms with Crippen LogP contribution in [-0.2, 0) is 6.54 Å². The minimum atomic E-state index is 0.144. The van der Waals surface area contributed by atoms with Crippen molar-refractivity contribution < 1.29 is 4.79 Å². The van der Waals surface area contributed by atoms with E-state index in [9.17, 15) is 4.79 Å². The Hall–Kier alpha value is -2.36. The minimum Gasteiger partial charge on any atom is -0.399 e. The van der Waals surface area contributed by atoms with Gasteiger partial charge in [0.25, 0.3) is 5.91 Å². The number of aromatic nitrogens is 1. The van der Waals surface area contributed by atoms with Crippen molar-refractivity contribution >= 4 is 11.6 Å². The highest BCUT2D eigenvalue weighted by molar-refractivity contribution is 5.99. The van der Waals surface area contributed by atoms with E-state index in [4.69, 9.17) is 5.73 Å². The lowest BCUT2D eigenvalue weighted by atomic mass is 10.0. The molecule has 22 heavy (non-hydrogen) atoms. The van der Waals surface area contributed by atoms with Crippen LogP contribution in [0.25, 0.3) is 11.3 Å². The van der Waals surface area contributed by atoms with Gasteiger partial charge in [-0.2, -0.15) is 0 Å². The van der Waals surface area contributed by atoms with E-state index in [1.165, 1.54) is 12.8 Å². The van der Waals surface area contributed by atoms with Gasteiger partial charge in [-0.1, -0.05) is 12.1 Å². The smallest absolute Gasteiger partial charge is 0.256 e. The fourth-order valence-electron chi connectivity index (χ4n) is 3.20. The van der Waals surface area contributed by atoms with E-state index in [2.05, 4.69) is 4.98 Å². The van der Waals surface area contributed by atoms with Gasteiger partial charge >= 0.3 is 0 Å². The van der Waals surface area contributed by atoms with E-state index < -0.39 is 0 Å². The predicted octanol–water partition coefficient (Wildman–Crippen LogP) is 3.01. The van der Waals surface area contributed by atoms with Crippen LogP contribution in [0.2, 0.25) is 0 Å². The van der Waals surface area contributed by atoms with Crippen LogP contribution in [0.15, 0.2) is 30.3 Å². The maximum Gasteiger partial charge on any atom is 0.256 e. The zero-order chi connectivity index (χ0) is 15.3. The second-order valence-corrected chi connectivity index (χ2v) is 6.38. The molecule has 112 valence electrons. The molecule has 0 bridgehead atoms. The van der Waals surface area contributed by atoms with E-state index in [-0.39, 0.29) is 5.91 Å². The molecular formula is C18H19N3O. The Balaban J connectivity index is 1.71. The van der Waals surface area contributed by atoms with Gasteiger partial charge in [-0.25, -0.2) is 0 Å². The highest BCUT2D eigenvalue weighted by Gasteiger charge is 2.34. The van der Waals surface area contributed by atoms with Crippen LogP contribution in [0, 0.1) is 12.8 Å². The number of pyridine rings is 1. The van der Waals surface area contributed by atoms with E-state index in [0.717, 1.165) is 40.3 Å². The summed E-state index contributed by atoms with van der Waals surface area (Å²) < 4.78 is 0. The Labute approximate surface area is 130 Å². The highest BCUT2D eigenvalue weighted by atomic mass is 16.2.